The van der Waals surface area contributed by atoms with Gasteiger partial charge in [0.25, 0.3) is 0 Å². The number of halogens is 1. The number of benzene rings is 2. The molecule has 1 aliphatic rings. The standard InChI is InChI=1S/C25H27FN2O3/c1-3-4-15-28(25(30)31)17-20(21-10-6-8-12-23(21)28)16-18(2)27-24(29)14-13-19-9-5-7-11-22(19)26/h5-14,17-18H,3-4,15-16H2,1-2H3,(H-,27,29,30,31)/p+1/t18-,28?/m1/s1. The van der Waals surface area contributed by atoms with Crippen LogP contribution in [0.1, 0.15) is 44.2 Å². The monoisotopic (exact) mass is 423 g/mol. The molecule has 0 spiro atoms. The van der Waals surface area contributed by atoms with Crippen molar-refractivity contribution in [1.29, 1.82) is 0 Å². The van der Waals surface area contributed by atoms with E-state index in [2.05, 4.69) is 5.32 Å². The first-order valence-electron chi connectivity index (χ1n) is 10.5. The Morgan fingerprint density at radius 1 is 1.16 bits per heavy atom. The van der Waals surface area contributed by atoms with E-state index in [1.54, 1.807) is 24.4 Å². The predicted octanol–water partition coefficient (Wildman–Crippen LogP) is 5.57. The number of nitrogens with one attached hydrogen (secondary N) is 1. The van der Waals surface area contributed by atoms with Crippen molar-refractivity contribution in [3.05, 3.63) is 77.8 Å². The molecule has 0 aromatic heterocycles. The summed E-state index contributed by atoms with van der Waals surface area (Å²) in [7, 11) is 0. The molecule has 0 radical (unpaired) electrons. The summed E-state index contributed by atoms with van der Waals surface area (Å²) in [6.07, 6.45) is 5.84. The number of rotatable bonds is 8. The number of hydrogen-bond donors (Lipinski definition) is 2. The van der Waals surface area contributed by atoms with Gasteiger partial charge >= 0.3 is 6.09 Å². The lowest BCUT2D eigenvalue weighted by atomic mass is 10.0. The van der Waals surface area contributed by atoms with E-state index in [9.17, 15) is 19.1 Å². The first-order chi connectivity index (χ1) is 14.9. The molecule has 0 bridgehead atoms. The molecule has 0 aliphatic carbocycles. The van der Waals surface area contributed by atoms with Crippen molar-refractivity contribution in [2.45, 2.75) is 39.2 Å². The van der Waals surface area contributed by atoms with Gasteiger partial charge in [-0.25, -0.2) is 4.39 Å². The first kappa shape index (κ1) is 22.4. The Hall–Kier alpha value is -3.25. The summed E-state index contributed by atoms with van der Waals surface area (Å²) in [5, 5.41) is 12.9. The van der Waals surface area contributed by atoms with Crippen molar-refractivity contribution in [2.75, 3.05) is 6.54 Å². The molecule has 162 valence electrons. The van der Waals surface area contributed by atoms with Crippen molar-refractivity contribution < 1.29 is 19.1 Å². The van der Waals surface area contributed by atoms with Crippen LogP contribution in [0.4, 0.5) is 14.9 Å². The molecule has 0 fully saturated rings. The number of unbranched alkanes of at least 4 members (excludes halogenated alkanes) is 1. The van der Waals surface area contributed by atoms with Crippen LogP contribution in [0.3, 0.4) is 0 Å². The van der Waals surface area contributed by atoms with Gasteiger partial charge in [-0.1, -0.05) is 43.7 Å². The van der Waals surface area contributed by atoms with Gasteiger partial charge in [-0.2, -0.15) is 9.28 Å². The number of carboxylic acid groups (broad SMARTS) is 1. The minimum absolute atomic E-state index is 0.215. The maximum Gasteiger partial charge on any atom is 0.523 e. The number of nitrogens with zero attached hydrogens (tertiary/aromatic N) is 1. The summed E-state index contributed by atoms with van der Waals surface area (Å²) < 4.78 is 13.5. The van der Waals surface area contributed by atoms with Crippen LogP contribution in [0.15, 0.2) is 60.8 Å². The fourth-order valence-corrected chi connectivity index (χ4v) is 3.95. The molecule has 3 rings (SSSR count). The second-order valence-corrected chi connectivity index (χ2v) is 7.87. The minimum Gasteiger partial charge on any atom is -0.435 e. The lowest BCUT2D eigenvalue weighted by Crippen LogP contribution is -2.48. The van der Waals surface area contributed by atoms with Crippen LogP contribution < -0.4 is 9.80 Å². The van der Waals surface area contributed by atoms with Crippen LogP contribution in [0, 0.1) is 5.82 Å². The zero-order chi connectivity index (χ0) is 22.4. The van der Waals surface area contributed by atoms with Crippen LogP contribution in [0.2, 0.25) is 0 Å². The van der Waals surface area contributed by atoms with Gasteiger partial charge in [0.1, 0.15) is 12.0 Å². The molecular formula is C25H28FN2O3+. The number of para-hydroxylation sites is 1. The van der Waals surface area contributed by atoms with Crippen molar-refractivity contribution in [1.82, 2.24) is 9.80 Å². The molecule has 2 aromatic rings. The molecule has 1 unspecified atom stereocenters. The quantitative estimate of drug-likeness (QED) is 0.431. The van der Waals surface area contributed by atoms with E-state index in [4.69, 9.17) is 0 Å². The number of quaternary nitrogens is 1. The van der Waals surface area contributed by atoms with E-state index in [0.717, 1.165) is 29.7 Å². The Balaban J connectivity index is 1.75. The smallest absolute Gasteiger partial charge is 0.435 e. The summed E-state index contributed by atoms with van der Waals surface area (Å²) >= 11 is 0. The van der Waals surface area contributed by atoms with Crippen LogP contribution in [0.25, 0.3) is 11.6 Å². The zero-order valence-corrected chi connectivity index (χ0v) is 17.8. The SMILES string of the molecule is CCCC[N+]1(C(=O)O)C=C(C[C@@H](C)NC(=O)C=Cc2ccccc2F)c2ccccc21. The third kappa shape index (κ3) is 4.91. The molecule has 2 N–H and O–H groups in total. The van der Waals surface area contributed by atoms with Crippen LogP contribution in [-0.4, -0.2) is 29.7 Å². The van der Waals surface area contributed by atoms with Crippen LogP contribution in [-0.2, 0) is 4.79 Å². The fraction of sp³-hybridized carbons (Fsp3) is 0.280. The molecule has 31 heavy (non-hydrogen) atoms. The second kappa shape index (κ2) is 9.71. The van der Waals surface area contributed by atoms with Gasteiger partial charge < -0.3 is 10.4 Å². The first-order valence-corrected chi connectivity index (χ1v) is 10.5. The van der Waals surface area contributed by atoms with Crippen molar-refractivity contribution in [3.63, 3.8) is 0 Å². The fourth-order valence-electron chi connectivity index (χ4n) is 3.95. The number of carbonyl (C=O) groups is 2. The Morgan fingerprint density at radius 3 is 2.58 bits per heavy atom. The molecule has 1 heterocycles. The highest BCUT2D eigenvalue weighted by Gasteiger charge is 2.45. The summed E-state index contributed by atoms with van der Waals surface area (Å²) in [5.74, 6) is -0.713. The average molecular weight is 424 g/mol. The van der Waals surface area contributed by atoms with E-state index in [0.29, 0.717) is 18.5 Å². The summed E-state index contributed by atoms with van der Waals surface area (Å²) in [6.45, 7) is 4.40. The third-order valence-electron chi connectivity index (χ3n) is 5.50. The molecule has 0 saturated carbocycles. The molecule has 1 aliphatic heterocycles. The van der Waals surface area contributed by atoms with E-state index in [1.165, 1.54) is 18.2 Å². The Morgan fingerprint density at radius 2 is 1.87 bits per heavy atom. The van der Waals surface area contributed by atoms with Crippen molar-refractivity contribution in [2.24, 2.45) is 0 Å². The van der Waals surface area contributed by atoms with Crippen LogP contribution >= 0.6 is 0 Å². The van der Waals surface area contributed by atoms with Crippen molar-refractivity contribution in [3.8, 4) is 0 Å². The lowest BCUT2D eigenvalue weighted by molar-refractivity contribution is -0.116. The van der Waals surface area contributed by atoms with E-state index in [-0.39, 0.29) is 22.2 Å². The molecule has 2 aromatic carbocycles. The van der Waals surface area contributed by atoms with Gasteiger partial charge in [0.2, 0.25) is 5.91 Å². The van der Waals surface area contributed by atoms with E-state index >= 15 is 0 Å². The summed E-state index contributed by atoms with van der Waals surface area (Å²) in [4.78, 5) is 24.6. The number of fused-ring (bicyclic) bond motifs is 1. The van der Waals surface area contributed by atoms with Gasteiger partial charge in [-0.05, 0) is 38.0 Å². The molecule has 6 heteroatoms. The number of carbonyl (C=O) groups excluding carboxylic acids is 1. The maximum atomic E-state index is 13.7. The van der Waals surface area contributed by atoms with Gasteiger partial charge in [-0.15, -0.1) is 0 Å². The van der Waals surface area contributed by atoms with Gasteiger partial charge in [0.05, 0.1) is 6.54 Å². The predicted molar refractivity (Wildman–Crippen MR) is 122 cm³/mol. The van der Waals surface area contributed by atoms with Gasteiger partial charge in [0.15, 0.2) is 5.69 Å². The Labute approximate surface area is 182 Å². The van der Waals surface area contributed by atoms with E-state index < -0.39 is 6.09 Å². The van der Waals surface area contributed by atoms with Gasteiger partial charge in [-0.3, -0.25) is 4.79 Å². The normalized spacial score (nSPS) is 18.5. The van der Waals surface area contributed by atoms with E-state index in [1.807, 2.05) is 38.1 Å². The highest BCUT2D eigenvalue weighted by Crippen LogP contribution is 2.42. The number of hydrogen-bond acceptors (Lipinski definition) is 2. The summed E-state index contributed by atoms with van der Waals surface area (Å²) in [6, 6.07) is 13.6. The Kier molecular flexibility index (Phi) is 7.02. The lowest BCUT2D eigenvalue weighted by Gasteiger charge is -2.25. The zero-order valence-electron chi connectivity index (χ0n) is 17.8. The third-order valence-corrected chi connectivity index (χ3v) is 5.50. The Bertz CT molecular complexity index is 1030. The molecular weight excluding hydrogens is 395 g/mol. The largest absolute Gasteiger partial charge is 0.523 e. The second-order valence-electron chi connectivity index (χ2n) is 7.87. The highest BCUT2D eigenvalue weighted by atomic mass is 19.1. The highest BCUT2D eigenvalue weighted by molar-refractivity contribution is 5.95. The maximum absolute atomic E-state index is 13.7. The molecule has 0 saturated heterocycles. The minimum atomic E-state index is -0.902. The summed E-state index contributed by atoms with van der Waals surface area (Å²) in [5.41, 5.74) is 2.91. The van der Waals surface area contributed by atoms with Gasteiger partial charge in [0, 0.05) is 34.9 Å². The number of amides is 2. The van der Waals surface area contributed by atoms with Crippen LogP contribution in [0.5, 0.6) is 0 Å². The molecule has 2 atom stereocenters. The molecule has 2 amide bonds. The topological polar surface area (TPSA) is 66.4 Å². The average Bonchev–Trinajstić information content (AvgIpc) is 3.06. The van der Waals surface area contributed by atoms with Crippen molar-refractivity contribution >= 4 is 29.3 Å². The molecule has 5 nitrogen and oxygen atoms in total.